The summed E-state index contributed by atoms with van der Waals surface area (Å²) >= 11 is 0. The molecule has 5 heteroatoms. The van der Waals surface area contributed by atoms with Gasteiger partial charge in [-0.05, 0) is 18.3 Å². The highest BCUT2D eigenvalue weighted by Gasteiger charge is 2.33. The summed E-state index contributed by atoms with van der Waals surface area (Å²) in [7, 11) is 0. The molecule has 2 unspecified atom stereocenters. The van der Waals surface area contributed by atoms with Gasteiger partial charge in [-0.3, -0.25) is 4.79 Å². The molecule has 100 valence electrons. The Morgan fingerprint density at radius 1 is 1.47 bits per heavy atom. The normalized spacial score (nSPS) is 29.2. The maximum absolute atomic E-state index is 12.1. The average Bonchev–Trinajstić information content (AvgIpc) is 2.78. The standard InChI is InChI=1S/C12H22N2O2.ClH/c1-9(2)10-3-5-14(8-10)12(15)11-7-13-4-6-16-11;/h9-11,13H,3-8H2,1-2H3;1H. The Hall–Kier alpha value is -0.320. The molecule has 1 amide bonds. The zero-order valence-corrected chi connectivity index (χ0v) is 11.5. The fourth-order valence-corrected chi connectivity index (χ4v) is 2.46. The highest BCUT2D eigenvalue weighted by molar-refractivity contribution is 5.85. The van der Waals surface area contributed by atoms with Crippen LogP contribution in [-0.2, 0) is 9.53 Å². The van der Waals surface area contributed by atoms with Gasteiger partial charge in [-0.1, -0.05) is 13.8 Å². The van der Waals surface area contributed by atoms with Gasteiger partial charge in [-0.25, -0.2) is 0 Å². The van der Waals surface area contributed by atoms with Crippen molar-refractivity contribution < 1.29 is 9.53 Å². The minimum atomic E-state index is -0.250. The molecule has 2 heterocycles. The van der Waals surface area contributed by atoms with E-state index >= 15 is 0 Å². The molecular formula is C12H23ClN2O2. The van der Waals surface area contributed by atoms with Gasteiger partial charge < -0.3 is 15.0 Å². The molecule has 1 N–H and O–H groups in total. The van der Waals surface area contributed by atoms with Crippen molar-refractivity contribution in [2.24, 2.45) is 11.8 Å². The molecule has 0 radical (unpaired) electrons. The number of nitrogens with one attached hydrogen (secondary N) is 1. The van der Waals surface area contributed by atoms with E-state index < -0.39 is 0 Å². The SMILES string of the molecule is CC(C)C1CCN(C(=O)C2CNCCO2)C1.Cl. The van der Waals surface area contributed by atoms with Crippen LogP contribution < -0.4 is 5.32 Å². The van der Waals surface area contributed by atoms with Crippen molar-refractivity contribution in [1.29, 1.82) is 0 Å². The lowest BCUT2D eigenvalue weighted by atomic mass is 9.95. The second kappa shape index (κ2) is 6.57. The minimum absolute atomic E-state index is 0. The van der Waals surface area contributed by atoms with Crippen molar-refractivity contribution >= 4 is 18.3 Å². The number of hydrogen-bond acceptors (Lipinski definition) is 3. The maximum atomic E-state index is 12.1. The third-order valence-corrected chi connectivity index (χ3v) is 3.68. The molecule has 2 aliphatic heterocycles. The zero-order valence-electron chi connectivity index (χ0n) is 10.6. The van der Waals surface area contributed by atoms with E-state index in [1.165, 1.54) is 0 Å². The number of likely N-dealkylation sites (tertiary alicyclic amines) is 1. The van der Waals surface area contributed by atoms with Crippen LogP contribution in [0.15, 0.2) is 0 Å². The molecule has 2 atom stereocenters. The largest absolute Gasteiger partial charge is 0.366 e. The monoisotopic (exact) mass is 262 g/mol. The van der Waals surface area contributed by atoms with Crippen molar-refractivity contribution in [2.45, 2.75) is 26.4 Å². The van der Waals surface area contributed by atoms with Gasteiger partial charge >= 0.3 is 0 Å². The Morgan fingerprint density at radius 3 is 2.76 bits per heavy atom. The van der Waals surface area contributed by atoms with Crippen molar-refractivity contribution in [2.75, 3.05) is 32.8 Å². The lowest BCUT2D eigenvalue weighted by Crippen LogP contribution is -2.48. The minimum Gasteiger partial charge on any atom is -0.366 e. The molecule has 0 aromatic heterocycles. The van der Waals surface area contributed by atoms with Gasteiger partial charge in [-0.15, -0.1) is 12.4 Å². The van der Waals surface area contributed by atoms with E-state index in [4.69, 9.17) is 4.74 Å². The van der Waals surface area contributed by atoms with Crippen molar-refractivity contribution in [3.8, 4) is 0 Å². The van der Waals surface area contributed by atoms with Crippen LogP contribution in [0.1, 0.15) is 20.3 Å². The smallest absolute Gasteiger partial charge is 0.253 e. The van der Waals surface area contributed by atoms with Crippen LogP contribution in [0.25, 0.3) is 0 Å². The summed E-state index contributed by atoms with van der Waals surface area (Å²) in [5.41, 5.74) is 0. The van der Waals surface area contributed by atoms with E-state index in [1.54, 1.807) is 0 Å². The van der Waals surface area contributed by atoms with Crippen molar-refractivity contribution in [3.63, 3.8) is 0 Å². The molecule has 0 saturated carbocycles. The lowest BCUT2D eigenvalue weighted by Gasteiger charge is -2.27. The number of hydrogen-bond donors (Lipinski definition) is 1. The summed E-state index contributed by atoms with van der Waals surface area (Å²) in [5.74, 6) is 1.51. The molecule has 4 nitrogen and oxygen atoms in total. The summed E-state index contributed by atoms with van der Waals surface area (Å²) in [5, 5.41) is 3.20. The summed E-state index contributed by atoms with van der Waals surface area (Å²) < 4.78 is 5.49. The zero-order chi connectivity index (χ0) is 11.5. The molecule has 0 aliphatic carbocycles. The molecule has 2 saturated heterocycles. The number of rotatable bonds is 2. The first-order valence-electron chi connectivity index (χ1n) is 6.29. The van der Waals surface area contributed by atoms with E-state index in [0.717, 1.165) is 26.1 Å². The van der Waals surface area contributed by atoms with E-state index in [1.807, 2.05) is 4.90 Å². The van der Waals surface area contributed by atoms with Gasteiger partial charge in [0.2, 0.25) is 0 Å². The molecule has 2 aliphatic rings. The maximum Gasteiger partial charge on any atom is 0.253 e. The number of nitrogens with zero attached hydrogens (tertiary/aromatic N) is 1. The number of ether oxygens (including phenoxy) is 1. The molecular weight excluding hydrogens is 240 g/mol. The molecule has 0 aromatic carbocycles. The second-order valence-electron chi connectivity index (χ2n) is 5.14. The van der Waals surface area contributed by atoms with E-state index in [-0.39, 0.29) is 24.4 Å². The van der Waals surface area contributed by atoms with Gasteiger partial charge in [0, 0.05) is 26.2 Å². The van der Waals surface area contributed by atoms with Crippen molar-refractivity contribution in [3.05, 3.63) is 0 Å². The van der Waals surface area contributed by atoms with Crippen LogP contribution in [0, 0.1) is 11.8 Å². The van der Waals surface area contributed by atoms with Gasteiger partial charge in [0.1, 0.15) is 6.10 Å². The number of morpholine rings is 1. The van der Waals surface area contributed by atoms with Crippen molar-refractivity contribution in [1.82, 2.24) is 10.2 Å². The van der Waals surface area contributed by atoms with E-state index in [2.05, 4.69) is 19.2 Å². The molecule has 2 rings (SSSR count). The lowest BCUT2D eigenvalue weighted by molar-refractivity contribution is -0.144. The summed E-state index contributed by atoms with van der Waals surface area (Å²) in [6.07, 6.45) is 0.892. The van der Waals surface area contributed by atoms with Gasteiger partial charge in [0.25, 0.3) is 5.91 Å². The Kier molecular flexibility index (Phi) is 5.70. The molecule has 17 heavy (non-hydrogen) atoms. The molecule has 0 spiro atoms. The number of halogens is 1. The summed E-state index contributed by atoms with van der Waals surface area (Å²) in [4.78, 5) is 14.1. The highest BCUT2D eigenvalue weighted by atomic mass is 35.5. The predicted molar refractivity (Wildman–Crippen MR) is 69.4 cm³/mol. The second-order valence-corrected chi connectivity index (χ2v) is 5.14. The number of carbonyl (C=O) groups is 1. The van der Waals surface area contributed by atoms with Crippen LogP contribution >= 0.6 is 12.4 Å². The van der Waals surface area contributed by atoms with Gasteiger partial charge in [0.05, 0.1) is 6.61 Å². The predicted octanol–water partition coefficient (Wildman–Crippen LogP) is 0.901. The average molecular weight is 263 g/mol. The summed E-state index contributed by atoms with van der Waals surface area (Å²) in [6, 6.07) is 0. The Balaban J connectivity index is 0.00000144. The van der Waals surface area contributed by atoms with Gasteiger partial charge in [0.15, 0.2) is 0 Å². The fourth-order valence-electron chi connectivity index (χ4n) is 2.46. The van der Waals surface area contributed by atoms with Crippen LogP contribution in [0.5, 0.6) is 0 Å². The first-order chi connectivity index (χ1) is 7.68. The number of carbonyl (C=O) groups excluding carboxylic acids is 1. The van der Waals surface area contributed by atoms with Gasteiger partial charge in [-0.2, -0.15) is 0 Å². The van der Waals surface area contributed by atoms with Crippen LogP contribution in [0.4, 0.5) is 0 Å². The highest BCUT2D eigenvalue weighted by Crippen LogP contribution is 2.24. The third-order valence-electron chi connectivity index (χ3n) is 3.68. The first-order valence-corrected chi connectivity index (χ1v) is 6.29. The fraction of sp³-hybridized carbons (Fsp3) is 0.917. The Bertz CT molecular complexity index is 255. The van der Waals surface area contributed by atoms with Crippen LogP contribution in [0.2, 0.25) is 0 Å². The van der Waals surface area contributed by atoms with Crippen LogP contribution in [-0.4, -0.2) is 49.7 Å². The third kappa shape index (κ3) is 3.57. The molecule has 0 bridgehead atoms. The Morgan fingerprint density at radius 2 is 2.24 bits per heavy atom. The Labute approximate surface area is 109 Å². The summed E-state index contributed by atoms with van der Waals surface area (Å²) in [6.45, 7) is 8.46. The van der Waals surface area contributed by atoms with E-state index in [0.29, 0.717) is 25.0 Å². The quantitative estimate of drug-likeness (QED) is 0.804. The molecule has 2 fully saturated rings. The first kappa shape index (κ1) is 14.7. The number of amides is 1. The topological polar surface area (TPSA) is 41.6 Å². The molecule has 0 aromatic rings. The van der Waals surface area contributed by atoms with Crippen LogP contribution in [0.3, 0.4) is 0 Å². The van der Waals surface area contributed by atoms with E-state index in [9.17, 15) is 4.79 Å².